The summed E-state index contributed by atoms with van der Waals surface area (Å²) in [4.78, 5) is 19.3. The summed E-state index contributed by atoms with van der Waals surface area (Å²) in [5.41, 5.74) is 4.39. The van der Waals surface area contributed by atoms with E-state index in [4.69, 9.17) is 14.5 Å². The minimum Gasteiger partial charge on any atom is -0.493 e. The van der Waals surface area contributed by atoms with Crippen molar-refractivity contribution in [2.45, 2.75) is 18.6 Å². The largest absolute Gasteiger partial charge is 0.493 e. The number of carbonyl (C=O) groups excluding carboxylic acids is 1. The number of ether oxygens (including phenoxy) is 2. The number of methoxy groups -OCH3 is 2. The highest BCUT2D eigenvalue weighted by Gasteiger charge is 2.23. The van der Waals surface area contributed by atoms with Gasteiger partial charge in [0.05, 0.1) is 19.9 Å². The van der Waals surface area contributed by atoms with Gasteiger partial charge in [0, 0.05) is 41.1 Å². The number of amides is 1. The molecule has 0 saturated carbocycles. The number of benzene rings is 2. The van der Waals surface area contributed by atoms with Crippen LogP contribution in [0.3, 0.4) is 0 Å². The summed E-state index contributed by atoms with van der Waals surface area (Å²) in [6, 6.07) is 14.0. The number of hydrogen-bond acceptors (Lipinski definition) is 6. The van der Waals surface area contributed by atoms with E-state index in [-0.39, 0.29) is 5.91 Å². The molecule has 1 aromatic heterocycles. The van der Waals surface area contributed by atoms with Crippen molar-refractivity contribution < 1.29 is 14.3 Å². The van der Waals surface area contributed by atoms with Crippen LogP contribution in [-0.4, -0.2) is 37.4 Å². The highest BCUT2D eigenvalue weighted by molar-refractivity contribution is 7.98. The van der Waals surface area contributed by atoms with Crippen molar-refractivity contribution in [2.75, 3.05) is 31.4 Å². The molecule has 0 spiro atoms. The van der Waals surface area contributed by atoms with Gasteiger partial charge in [-0.2, -0.15) is 11.8 Å². The standard InChI is InChI=1S/C23H24N2O3S2/c1-27-20-8-7-17(13-21(20)28-2)23-24-18(15-30-23)14-29-12-10-22(26)25-11-9-16-5-3-4-6-19(16)25/h3-8,13,15H,9-12,14H2,1-2H3. The lowest BCUT2D eigenvalue weighted by Gasteiger charge is -2.17. The first-order valence-electron chi connectivity index (χ1n) is 9.82. The zero-order valence-corrected chi connectivity index (χ0v) is 18.7. The van der Waals surface area contributed by atoms with Crippen LogP contribution in [0.4, 0.5) is 5.69 Å². The van der Waals surface area contributed by atoms with E-state index >= 15 is 0 Å². The number of nitrogens with zero attached hydrogens (tertiary/aromatic N) is 2. The number of fused-ring (bicyclic) bond motifs is 1. The highest BCUT2D eigenvalue weighted by atomic mass is 32.2. The van der Waals surface area contributed by atoms with Crippen molar-refractivity contribution in [1.29, 1.82) is 0 Å². The van der Waals surface area contributed by atoms with Crippen LogP contribution in [0.25, 0.3) is 10.6 Å². The number of anilines is 1. The van der Waals surface area contributed by atoms with Gasteiger partial charge < -0.3 is 14.4 Å². The molecule has 1 aliphatic heterocycles. The Morgan fingerprint density at radius 3 is 2.83 bits per heavy atom. The molecule has 0 saturated heterocycles. The van der Waals surface area contributed by atoms with Crippen molar-refractivity contribution in [3.63, 3.8) is 0 Å². The fourth-order valence-electron chi connectivity index (χ4n) is 3.54. The Labute approximate surface area is 185 Å². The SMILES string of the molecule is COc1ccc(-c2nc(CSCCC(=O)N3CCc4ccccc43)cs2)cc1OC. The zero-order chi connectivity index (χ0) is 20.9. The Morgan fingerprint density at radius 2 is 2.00 bits per heavy atom. The summed E-state index contributed by atoms with van der Waals surface area (Å²) in [6.07, 6.45) is 1.50. The number of rotatable bonds is 8. The molecule has 7 heteroatoms. The molecule has 0 aliphatic carbocycles. The van der Waals surface area contributed by atoms with Crippen molar-refractivity contribution in [2.24, 2.45) is 0 Å². The molecule has 1 amide bonds. The van der Waals surface area contributed by atoms with Gasteiger partial charge in [-0.15, -0.1) is 11.3 Å². The van der Waals surface area contributed by atoms with E-state index in [2.05, 4.69) is 11.4 Å². The smallest absolute Gasteiger partial charge is 0.227 e. The molecule has 0 radical (unpaired) electrons. The first-order valence-corrected chi connectivity index (χ1v) is 11.9. The normalized spacial score (nSPS) is 12.7. The Hall–Kier alpha value is -2.51. The first kappa shape index (κ1) is 20.8. The van der Waals surface area contributed by atoms with Crippen LogP contribution < -0.4 is 14.4 Å². The summed E-state index contributed by atoms with van der Waals surface area (Å²) in [6.45, 7) is 0.795. The fraction of sp³-hybridized carbons (Fsp3) is 0.304. The minimum atomic E-state index is 0.205. The Bertz CT molecular complexity index is 1030. The van der Waals surface area contributed by atoms with E-state index in [0.717, 1.165) is 46.4 Å². The molecular formula is C23H24N2O3S2. The maximum Gasteiger partial charge on any atom is 0.227 e. The maximum absolute atomic E-state index is 12.6. The second-order valence-electron chi connectivity index (χ2n) is 6.94. The Morgan fingerprint density at radius 1 is 1.17 bits per heavy atom. The van der Waals surface area contributed by atoms with Gasteiger partial charge in [0.2, 0.25) is 5.91 Å². The summed E-state index contributed by atoms with van der Waals surface area (Å²) in [5.74, 6) is 3.20. The number of hydrogen-bond donors (Lipinski definition) is 0. The van der Waals surface area contributed by atoms with Gasteiger partial charge in [0.25, 0.3) is 0 Å². The lowest BCUT2D eigenvalue weighted by atomic mass is 10.2. The van der Waals surface area contributed by atoms with E-state index in [9.17, 15) is 4.79 Å². The van der Waals surface area contributed by atoms with Crippen LogP contribution in [0, 0.1) is 0 Å². The van der Waals surface area contributed by atoms with Crippen LogP contribution in [0.1, 0.15) is 17.7 Å². The number of thioether (sulfide) groups is 1. The number of thiazole rings is 1. The molecule has 5 nitrogen and oxygen atoms in total. The molecule has 0 atom stereocenters. The predicted octanol–water partition coefficient (Wildman–Crippen LogP) is 5.04. The lowest BCUT2D eigenvalue weighted by Crippen LogP contribution is -2.29. The van der Waals surface area contributed by atoms with E-state index in [1.807, 2.05) is 41.3 Å². The average molecular weight is 441 g/mol. The summed E-state index contributed by atoms with van der Waals surface area (Å²) >= 11 is 3.37. The fourth-order valence-corrected chi connectivity index (χ4v) is 5.29. The Balaban J connectivity index is 1.29. The van der Waals surface area contributed by atoms with Gasteiger partial charge in [0.15, 0.2) is 11.5 Å². The molecule has 30 heavy (non-hydrogen) atoms. The van der Waals surface area contributed by atoms with Crippen molar-refractivity contribution in [3.8, 4) is 22.1 Å². The van der Waals surface area contributed by atoms with Crippen LogP contribution in [0.2, 0.25) is 0 Å². The van der Waals surface area contributed by atoms with E-state index in [1.54, 1.807) is 37.3 Å². The molecular weight excluding hydrogens is 416 g/mol. The molecule has 4 rings (SSSR count). The molecule has 0 N–H and O–H groups in total. The molecule has 1 aliphatic rings. The number of para-hydroxylation sites is 1. The van der Waals surface area contributed by atoms with Crippen molar-refractivity contribution in [3.05, 3.63) is 59.1 Å². The maximum atomic E-state index is 12.6. The molecule has 3 aromatic rings. The van der Waals surface area contributed by atoms with Crippen molar-refractivity contribution >= 4 is 34.7 Å². The zero-order valence-electron chi connectivity index (χ0n) is 17.1. The molecule has 0 fully saturated rings. The van der Waals surface area contributed by atoms with E-state index < -0.39 is 0 Å². The second kappa shape index (κ2) is 9.53. The summed E-state index contributed by atoms with van der Waals surface area (Å²) < 4.78 is 10.7. The lowest BCUT2D eigenvalue weighted by molar-refractivity contribution is -0.118. The molecule has 0 unspecified atom stereocenters. The number of aromatic nitrogens is 1. The quantitative estimate of drug-likeness (QED) is 0.459. The van der Waals surface area contributed by atoms with Gasteiger partial charge in [-0.3, -0.25) is 4.79 Å². The van der Waals surface area contributed by atoms with Gasteiger partial charge in [0.1, 0.15) is 5.01 Å². The van der Waals surface area contributed by atoms with Gasteiger partial charge >= 0.3 is 0 Å². The van der Waals surface area contributed by atoms with E-state index in [1.165, 1.54) is 5.56 Å². The highest BCUT2D eigenvalue weighted by Crippen LogP contribution is 2.34. The van der Waals surface area contributed by atoms with Gasteiger partial charge in [-0.25, -0.2) is 4.98 Å². The molecule has 0 bridgehead atoms. The number of carbonyl (C=O) groups is 1. The summed E-state index contributed by atoms with van der Waals surface area (Å²) in [7, 11) is 3.26. The third-order valence-electron chi connectivity index (χ3n) is 5.08. The monoisotopic (exact) mass is 440 g/mol. The van der Waals surface area contributed by atoms with Crippen LogP contribution in [0.15, 0.2) is 47.8 Å². The Kier molecular flexibility index (Phi) is 6.59. The van der Waals surface area contributed by atoms with Crippen LogP contribution in [0.5, 0.6) is 11.5 Å². The topological polar surface area (TPSA) is 51.7 Å². The first-order chi connectivity index (χ1) is 14.7. The van der Waals surface area contributed by atoms with Crippen molar-refractivity contribution in [1.82, 2.24) is 4.98 Å². The van der Waals surface area contributed by atoms with Crippen LogP contribution >= 0.6 is 23.1 Å². The van der Waals surface area contributed by atoms with Gasteiger partial charge in [-0.05, 0) is 36.2 Å². The van der Waals surface area contributed by atoms with Crippen LogP contribution in [-0.2, 0) is 17.0 Å². The van der Waals surface area contributed by atoms with Gasteiger partial charge in [-0.1, -0.05) is 18.2 Å². The molecule has 2 heterocycles. The second-order valence-corrected chi connectivity index (χ2v) is 8.90. The average Bonchev–Trinajstić information content (AvgIpc) is 3.43. The molecule has 2 aromatic carbocycles. The molecule has 156 valence electrons. The van der Waals surface area contributed by atoms with E-state index in [0.29, 0.717) is 17.9 Å². The third-order valence-corrected chi connectivity index (χ3v) is 7.01. The third kappa shape index (κ3) is 4.47. The predicted molar refractivity (Wildman–Crippen MR) is 124 cm³/mol. The summed E-state index contributed by atoms with van der Waals surface area (Å²) in [5, 5.41) is 3.04. The minimum absolute atomic E-state index is 0.205.